The number of carbonyl (C=O) groups excluding carboxylic acids is 3. The molecule has 136 valence electrons. The Hall–Kier alpha value is -2.89. The van der Waals surface area contributed by atoms with Crippen LogP contribution < -0.4 is 0 Å². The van der Waals surface area contributed by atoms with Crippen LogP contribution in [0.2, 0.25) is 0 Å². The Morgan fingerprint density at radius 3 is 2.38 bits per heavy atom. The van der Waals surface area contributed by atoms with Crippen molar-refractivity contribution in [1.82, 2.24) is 4.57 Å². The lowest BCUT2D eigenvalue weighted by Gasteiger charge is -2.22. The molecule has 0 N–H and O–H groups in total. The second-order valence-electron chi connectivity index (χ2n) is 6.28. The molecule has 1 aliphatic heterocycles. The van der Waals surface area contributed by atoms with Gasteiger partial charge in [-0.3, -0.25) is 14.4 Å². The summed E-state index contributed by atoms with van der Waals surface area (Å²) in [6.07, 6.45) is 1.04. The number of esters is 2. The maximum absolute atomic E-state index is 13.0. The molecule has 3 rings (SSSR count). The standard InChI is InChI=1S/C20H21NO5/c1-4-13-6-5-7-14(12-13)17(22)15-8-9-16-20(18(23)25-2,19(24)26-3)10-11-21(15)16/h5-9,12H,4,10-11H2,1-3H3. The first-order valence-electron chi connectivity index (χ1n) is 8.50. The van der Waals surface area contributed by atoms with Crippen molar-refractivity contribution in [2.45, 2.75) is 31.7 Å². The van der Waals surface area contributed by atoms with Gasteiger partial charge in [-0.2, -0.15) is 0 Å². The molecule has 0 bridgehead atoms. The van der Waals surface area contributed by atoms with Crippen LogP contribution in [0.25, 0.3) is 0 Å². The molecule has 0 saturated heterocycles. The van der Waals surface area contributed by atoms with Gasteiger partial charge in [0.15, 0.2) is 0 Å². The summed E-state index contributed by atoms with van der Waals surface area (Å²) in [5.74, 6) is -1.49. The van der Waals surface area contributed by atoms with Crippen molar-refractivity contribution in [1.29, 1.82) is 0 Å². The molecule has 0 fully saturated rings. The average Bonchev–Trinajstić information content (AvgIpc) is 3.27. The van der Waals surface area contributed by atoms with E-state index >= 15 is 0 Å². The van der Waals surface area contributed by atoms with Gasteiger partial charge in [0.2, 0.25) is 11.2 Å². The topological polar surface area (TPSA) is 74.6 Å². The first-order valence-corrected chi connectivity index (χ1v) is 8.50. The summed E-state index contributed by atoms with van der Waals surface area (Å²) in [6, 6.07) is 10.7. The fraction of sp³-hybridized carbons (Fsp3) is 0.350. The zero-order chi connectivity index (χ0) is 18.9. The van der Waals surface area contributed by atoms with Gasteiger partial charge < -0.3 is 14.0 Å². The molecule has 0 unspecified atom stereocenters. The Bertz CT molecular complexity index is 864. The van der Waals surface area contributed by atoms with E-state index in [1.807, 2.05) is 25.1 Å². The summed E-state index contributed by atoms with van der Waals surface area (Å²) < 4.78 is 11.4. The normalized spacial score (nSPS) is 14.6. The highest BCUT2D eigenvalue weighted by molar-refractivity contribution is 6.10. The van der Waals surface area contributed by atoms with Gasteiger partial charge in [-0.15, -0.1) is 0 Å². The Labute approximate surface area is 151 Å². The first kappa shape index (κ1) is 17.9. The van der Waals surface area contributed by atoms with Gasteiger partial charge in [-0.05, 0) is 36.6 Å². The minimum Gasteiger partial charge on any atom is -0.468 e. The Balaban J connectivity index is 2.06. The number of hydrogen-bond acceptors (Lipinski definition) is 5. The third-order valence-electron chi connectivity index (χ3n) is 5.03. The number of nitrogens with zero attached hydrogens (tertiary/aromatic N) is 1. The van der Waals surface area contributed by atoms with Gasteiger partial charge in [0.25, 0.3) is 0 Å². The van der Waals surface area contributed by atoms with Crippen LogP contribution >= 0.6 is 0 Å². The van der Waals surface area contributed by atoms with Gasteiger partial charge in [0.05, 0.1) is 19.9 Å². The summed E-state index contributed by atoms with van der Waals surface area (Å²) in [4.78, 5) is 37.8. The van der Waals surface area contributed by atoms with Crippen LogP contribution in [0.4, 0.5) is 0 Å². The smallest absolute Gasteiger partial charge is 0.329 e. The molecule has 6 heteroatoms. The highest BCUT2D eigenvalue weighted by Crippen LogP contribution is 2.39. The summed E-state index contributed by atoms with van der Waals surface area (Å²) in [6.45, 7) is 2.39. The SMILES string of the molecule is CCc1cccc(C(=O)c2ccc3n2CCC3(C(=O)OC)C(=O)OC)c1. The van der Waals surface area contributed by atoms with Gasteiger partial charge in [-0.25, -0.2) is 0 Å². The Morgan fingerprint density at radius 2 is 1.77 bits per heavy atom. The second kappa shape index (κ2) is 6.78. The van der Waals surface area contributed by atoms with E-state index in [-0.39, 0.29) is 12.2 Å². The van der Waals surface area contributed by atoms with Gasteiger partial charge in [0.1, 0.15) is 0 Å². The van der Waals surface area contributed by atoms with Crippen molar-refractivity contribution in [2.75, 3.05) is 14.2 Å². The molecule has 26 heavy (non-hydrogen) atoms. The number of aryl methyl sites for hydroxylation is 1. The molecule has 0 saturated carbocycles. The lowest BCUT2D eigenvalue weighted by Crippen LogP contribution is -2.43. The number of carbonyl (C=O) groups is 3. The third-order valence-corrected chi connectivity index (χ3v) is 5.03. The fourth-order valence-electron chi connectivity index (χ4n) is 3.61. The van der Waals surface area contributed by atoms with E-state index in [0.29, 0.717) is 23.5 Å². The van der Waals surface area contributed by atoms with Crippen molar-refractivity contribution >= 4 is 17.7 Å². The van der Waals surface area contributed by atoms with Crippen molar-refractivity contribution in [3.63, 3.8) is 0 Å². The number of hydrogen-bond donors (Lipinski definition) is 0. The van der Waals surface area contributed by atoms with E-state index in [1.54, 1.807) is 22.8 Å². The zero-order valence-corrected chi connectivity index (χ0v) is 15.1. The van der Waals surface area contributed by atoms with Crippen molar-refractivity contribution < 1.29 is 23.9 Å². The Kier molecular flexibility index (Phi) is 4.68. The van der Waals surface area contributed by atoms with E-state index in [2.05, 4.69) is 0 Å². The maximum Gasteiger partial charge on any atom is 0.329 e. The molecular weight excluding hydrogens is 334 g/mol. The molecule has 1 aliphatic rings. The number of ketones is 1. The molecule has 2 aromatic rings. The van der Waals surface area contributed by atoms with E-state index in [0.717, 1.165) is 12.0 Å². The van der Waals surface area contributed by atoms with Crippen LogP contribution in [0, 0.1) is 0 Å². The van der Waals surface area contributed by atoms with Crippen molar-refractivity contribution in [3.05, 3.63) is 58.9 Å². The monoisotopic (exact) mass is 355 g/mol. The van der Waals surface area contributed by atoms with E-state index in [1.165, 1.54) is 14.2 Å². The van der Waals surface area contributed by atoms with Crippen LogP contribution in [0.5, 0.6) is 0 Å². The predicted octanol–water partition coefficient (Wildman–Crippen LogP) is 2.27. The minimum absolute atomic E-state index is 0.142. The van der Waals surface area contributed by atoms with Crippen molar-refractivity contribution in [2.24, 2.45) is 0 Å². The summed E-state index contributed by atoms with van der Waals surface area (Å²) in [5.41, 5.74) is 1.02. The largest absolute Gasteiger partial charge is 0.468 e. The third kappa shape index (κ3) is 2.53. The minimum atomic E-state index is -1.52. The lowest BCUT2D eigenvalue weighted by molar-refractivity contribution is -0.161. The van der Waals surface area contributed by atoms with Crippen LogP contribution in [0.1, 0.15) is 40.7 Å². The van der Waals surface area contributed by atoms with Crippen LogP contribution in [-0.2, 0) is 37.4 Å². The molecule has 0 radical (unpaired) electrons. The lowest BCUT2D eigenvalue weighted by atomic mass is 9.83. The highest BCUT2D eigenvalue weighted by Gasteiger charge is 2.55. The number of rotatable bonds is 5. The number of ether oxygens (including phenoxy) is 2. The second-order valence-corrected chi connectivity index (χ2v) is 6.28. The molecule has 0 aliphatic carbocycles. The van der Waals surface area contributed by atoms with Crippen molar-refractivity contribution in [3.8, 4) is 0 Å². The molecular formula is C20H21NO5. The van der Waals surface area contributed by atoms with E-state index in [9.17, 15) is 14.4 Å². The van der Waals surface area contributed by atoms with Gasteiger partial charge >= 0.3 is 11.9 Å². The van der Waals surface area contributed by atoms with E-state index < -0.39 is 17.4 Å². The average molecular weight is 355 g/mol. The predicted molar refractivity (Wildman–Crippen MR) is 94.0 cm³/mol. The first-order chi connectivity index (χ1) is 12.5. The molecule has 0 atom stereocenters. The van der Waals surface area contributed by atoms with E-state index in [4.69, 9.17) is 9.47 Å². The molecule has 0 spiro atoms. The summed E-state index contributed by atoms with van der Waals surface area (Å²) in [5, 5.41) is 0. The van der Waals surface area contributed by atoms with Crippen LogP contribution in [-0.4, -0.2) is 36.5 Å². The molecule has 6 nitrogen and oxygen atoms in total. The summed E-state index contributed by atoms with van der Waals surface area (Å²) in [7, 11) is 2.47. The number of methoxy groups -OCH3 is 2. The number of fused-ring (bicyclic) bond motifs is 1. The zero-order valence-electron chi connectivity index (χ0n) is 15.1. The Morgan fingerprint density at radius 1 is 1.08 bits per heavy atom. The van der Waals surface area contributed by atoms with Crippen LogP contribution in [0.15, 0.2) is 36.4 Å². The maximum atomic E-state index is 13.0. The molecule has 0 amide bonds. The molecule has 1 aromatic carbocycles. The number of aromatic nitrogens is 1. The summed E-state index contributed by atoms with van der Waals surface area (Å²) >= 11 is 0. The fourth-order valence-corrected chi connectivity index (χ4v) is 3.61. The van der Waals surface area contributed by atoms with Gasteiger partial charge in [0, 0.05) is 17.8 Å². The highest BCUT2D eigenvalue weighted by atomic mass is 16.5. The quantitative estimate of drug-likeness (QED) is 0.467. The molecule has 1 aromatic heterocycles. The molecule has 2 heterocycles. The number of benzene rings is 1. The van der Waals surface area contributed by atoms with Gasteiger partial charge in [-0.1, -0.05) is 25.1 Å². The van der Waals surface area contributed by atoms with Crippen LogP contribution in [0.3, 0.4) is 0 Å².